The number of piperidine rings is 1. The van der Waals surface area contributed by atoms with E-state index in [-0.39, 0.29) is 0 Å². The Morgan fingerprint density at radius 1 is 1.53 bits per heavy atom. The van der Waals surface area contributed by atoms with Gasteiger partial charge in [-0.1, -0.05) is 0 Å². The number of H-pyrrole nitrogens is 1. The van der Waals surface area contributed by atoms with E-state index in [0.29, 0.717) is 6.04 Å². The SMILES string of the molecule is CNC1CCCN(Cc2cnc3n[nH]c(C)c3c2)C1. The highest BCUT2D eigenvalue weighted by Gasteiger charge is 2.18. The molecule has 1 aliphatic heterocycles. The average molecular weight is 259 g/mol. The summed E-state index contributed by atoms with van der Waals surface area (Å²) in [5.74, 6) is 0. The molecule has 2 aromatic rings. The number of fused-ring (bicyclic) bond motifs is 1. The lowest BCUT2D eigenvalue weighted by Crippen LogP contribution is -2.43. The molecule has 102 valence electrons. The van der Waals surface area contributed by atoms with Gasteiger partial charge in [-0.2, -0.15) is 5.10 Å². The van der Waals surface area contributed by atoms with Crippen molar-refractivity contribution in [3.8, 4) is 0 Å². The van der Waals surface area contributed by atoms with E-state index in [2.05, 4.69) is 38.5 Å². The fraction of sp³-hybridized carbons (Fsp3) is 0.571. The van der Waals surface area contributed by atoms with Gasteiger partial charge in [-0.25, -0.2) is 4.98 Å². The molecule has 1 fully saturated rings. The molecule has 2 N–H and O–H groups in total. The second-order valence-corrected chi connectivity index (χ2v) is 5.43. The maximum Gasteiger partial charge on any atom is 0.181 e. The van der Waals surface area contributed by atoms with Gasteiger partial charge in [-0.3, -0.25) is 10.00 Å². The first-order chi connectivity index (χ1) is 9.26. The molecular formula is C14H21N5. The number of aromatic nitrogens is 3. The summed E-state index contributed by atoms with van der Waals surface area (Å²) < 4.78 is 0. The Kier molecular flexibility index (Phi) is 3.48. The third-order valence-corrected chi connectivity index (χ3v) is 3.98. The number of likely N-dealkylation sites (N-methyl/N-ethyl adjacent to an activating group) is 1. The number of nitrogens with zero attached hydrogens (tertiary/aromatic N) is 3. The zero-order valence-electron chi connectivity index (χ0n) is 11.6. The van der Waals surface area contributed by atoms with Gasteiger partial charge in [0.05, 0.1) is 0 Å². The second kappa shape index (κ2) is 5.27. The molecule has 1 unspecified atom stereocenters. The van der Waals surface area contributed by atoms with Crippen LogP contribution in [0.5, 0.6) is 0 Å². The van der Waals surface area contributed by atoms with Crippen molar-refractivity contribution in [3.63, 3.8) is 0 Å². The summed E-state index contributed by atoms with van der Waals surface area (Å²) >= 11 is 0. The Labute approximate surface area is 113 Å². The summed E-state index contributed by atoms with van der Waals surface area (Å²) in [6.45, 7) is 5.32. The van der Waals surface area contributed by atoms with Crippen LogP contribution in [0.2, 0.25) is 0 Å². The lowest BCUT2D eigenvalue weighted by Gasteiger charge is -2.32. The lowest BCUT2D eigenvalue weighted by atomic mass is 10.1. The number of pyridine rings is 1. The predicted molar refractivity (Wildman–Crippen MR) is 76.0 cm³/mol. The number of aromatic amines is 1. The van der Waals surface area contributed by atoms with Gasteiger partial charge in [0.15, 0.2) is 5.65 Å². The predicted octanol–water partition coefficient (Wildman–Crippen LogP) is 1.45. The Balaban J connectivity index is 1.75. The Morgan fingerprint density at radius 2 is 2.42 bits per heavy atom. The Morgan fingerprint density at radius 3 is 3.26 bits per heavy atom. The normalized spacial score (nSPS) is 21.1. The van der Waals surface area contributed by atoms with Crippen molar-refractivity contribution < 1.29 is 0 Å². The largest absolute Gasteiger partial charge is 0.316 e. The quantitative estimate of drug-likeness (QED) is 0.876. The molecule has 0 aromatic carbocycles. The summed E-state index contributed by atoms with van der Waals surface area (Å²) in [4.78, 5) is 6.92. The number of likely N-dealkylation sites (tertiary alicyclic amines) is 1. The molecule has 1 saturated heterocycles. The molecule has 0 radical (unpaired) electrons. The summed E-state index contributed by atoms with van der Waals surface area (Å²) in [6, 6.07) is 2.84. The second-order valence-electron chi connectivity index (χ2n) is 5.43. The van der Waals surface area contributed by atoms with E-state index >= 15 is 0 Å². The van der Waals surface area contributed by atoms with E-state index in [1.54, 1.807) is 0 Å². The molecular weight excluding hydrogens is 238 g/mol. The van der Waals surface area contributed by atoms with Gasteiger partial charge >= 0.3 is 0 Å². The average Bonchev–Trinajstić information content (AvgIpc) is 2.80. The van der Waals surface area contributed by atoms with Gasteiger partial charge < -0.3 is 5.32 Å². The van der Waals surface area contributed by atoms with Gasteiger partial charge in [0, 0.05) is 36.4 Å². The van der Waals surface area contributed by atoms with Crippen LogP contribution in [0.1, 0.15) is 24.1 Å². The molecule has 0 bridgehead atoms. The molecule has 0 spiro atoms. The lowest BCUT2D eigenvalue weighted by molar-refractivity contribution is 0.188. The third-order valence-electron chi connectivity index (χ3n) is 3.98. The van der Waals surface area contributed by atoms with E-state index in [9.17, 15) is 0 Å². The molecule has 2 aromatic heterocycles. The van der Waals surface area contributed by atoms with Crippen LogP contribution in [0, 0.1) is 6.92 Å². The molecule has 1 atom stereocenters. The first kappa shape index (κ1) is 12.6. The van der Waals surface area contributed by atoms with Gasteiger partial charge in [-0.15, -0.1) is 0 Å². The number of hydrogen-bond acceptors (Lipinski definition) is 4. The minimum absolute atomic E-state index is 0.626. The van der Waals surface area contributed by atoms with Crippen LogP contribution < -0.4 is 5.32 Å². The third kappa shape index (κ3) is 2.62. The van der Waals surface area contributed by atoms with Crippen molar-refractivity contribution >= 4 is 11.0 Å². The number of hydrogen-bond donors (Lipinski definition) is 2. The highest BCUT2D eigenvalue weighted by atomic mass is 15.2. The van der Waals surface area contributed by atoms with Crippen LogP contribution in [0.4, 0.5) is 0 Å². The van der Waals surface area contributed by atoms with Crippen molar-refractivity contribution in [1.82, 2.24) is 25.4 Å². The topological polar surface area (TPSA) is 56.8 Å². The van der Waals surface area contributed by atoms with E-state index in [1.807, 2.05) is 13.1 Å². The van der Waals surface area contributed by atoms with E-state index in [4.69, 9.17) is 0 Å². The molecule has 0 amide bonds. The highest BCUT2D eigenvalue weighted by Crippen LogP contribution is 2.17. The molecule has 3 heterocycles. The van der Waals surface area contributed by atoms with Crippen molar-refractivity contribution in [1.29, 1.82) is 0 Å². The fourth-order valence-electron chi connectivity index (χ4n) is 2.84. The van der Waals surface area contributed by atoms with Gasteiger partial charge in [0.2, 0.25) is 0 Å². The van der Waals surface area contributed by atoms with E-state index < -0.39 is 0 Å². The number of aryl methyl sites for hydroxylation is 1. The number of rotatable bonds is 3. The summed E-state index contributed by atoms with van der Waals surface area (Å²) in [5, 5.41) is 11.7. The molecule has 3 rings (SSSR count). The van der Waals surface area contributed by atoms with Crippen LogP contribution in [-0.2, 0) is 6.54 Å². The number of nitrogens with one attached hydrogen (secondary N) is 2. The van der Waals surface area contributed by atoms with Crippen LogP contribution in [0.25, 0.3) is 11.0 Å². The molecule has 0 aliphatic carbocycles. The zero-order chi connectivity index (χ0) is 13.2. The van der Waals surface area contributed by atoms with E-state index in [1.165, 1.54) is 24.9 Å². The molecule has 19 heavy (non-hydrogen) atoms. The summed E-state index contributed by atoms with van der Waals surface area (Å²) in [5.41, 5.74) is 3.18. The van der Waals surface area contributed by atoms with Crippen molar-refractivity contribution in [2.24, 2.45) is 0 Å². The van der Waals surface area contributed by atoms with Gasteiger partial charge in [-0.05, 0) is 45.0 Å². The van der Waals surface area contributed by atoms with Crippen LogP contribution in [0.3, 0.4) is 0 Å². The minimum Gasteiger partial charge on any atom is -0.316 e. The molecule has 0 saturated carbocycles. The minimum atomic E-state index is 0.626. The van der Waals surface area contributed by atoms with Crippen molar-refractivity contribution in [2.75, 3.05) is 20.1 Å². The Bertz CT molecular complexity index is 562. The van der Waals surface area contributed by atoms with Crippen LogP contribution >= 0.6 is 0 Å². The first-order valence-electron chi connectivity index (χ1n) is 6.95. The smallest absolute Gasteiger partial charge is 0.181 e. The molecule has 5 heteroatoms. The summed E-state index contributed by atoms with van der Waals surface area (Å²) in [6.07, 6.45) is 4.50. The van der Waals surface area contributed by atoms with Crippen LogP contribution in [-0.4, -0.2) is 46.3 Å². The fourth-order valence-corrected chi connectivity index (χ4v) is 2.84. The molecule has 5 nitrogen and oxygen atoms in total. The highest BCUT2D eigenvalue weighted by molar-refractivity contribution is 5.77. The standard InChI is InChI=1S/C14H21N5/c1-10-13-6-11(7-16-14(13)18-17-10)8-19-5-3-4-12(9-19)15-2/h6-7,12,15H,3-5,8-9H2,1-2H3,(H,16,17,18). The van der Waals surface area contributed by atoms with Gasteiger partial charge in [0.1, 0.15) is 0 Å². The zero-order valence-corrected chi connectivity index (χ0v) is 11.6. The summed E-state index contributed by atoms with van der Waals surface area (Å²) in [7, 11) is 2.05. The van der Waals surface area contributed by atoms with Crippen LogP contribution in [0.15, 0.2) is 12.3 Å². The maximum atomic E-state index is 4.42. The Hall–Kier alpha value is -1.46. The first-order valence-corrected chi connectivity index (χ1v) is 6.95. The van der Waals surface area contributed by atoms with E-state index in [0.717, 1.165) is 29.8 Å². The maximum absolute atomic E-state index is 4.42. The van der Waals surface area contributed by atoms with Crippen molar-refractivity contribution in [3.05, 3.63) is 23.5 Å². The van der Waals surface area contributed by atoms with Crippen molar-refractivity contribution in [2.45, 2.75) is 32.4 Å². The monoisotopic (exact) mass is 259 g/mol. The van der Waals surface area contributed by atoms with Gasteiger partial charge in [0.25, 0.3) is 0 Å². The molecule has 1 aliphatic rings.